The van der Waals surface area contributed by atoms with Crippen LogP contribution in [0.1, 0.15) is 32.3 Å². The van der Waals surface area contributed by atoms with E-state index >= 15 is 0 Å². The standard InChI is InChI=1S/C19H24N2O2/c1-19(2,3)23-18(22)21-17-12-20-11-16(17)15-9-8-13-6-4-5-7-14(13)10-15/h4-10,16-17,20H,11-12H2,1-3H3,(H,21,22)/t16-,17+/m1/s1. The Balaban J connectivity index is 1.76. The number of benzene rings is 2. The van der Waals surface area contributed by atoms with Crippen LogP contribution in [-0.2, 0) is 4.74 Å². The lowest BCUT2D eigenvalue weighted by Crippen LogP contribution is -2.42. The second kappa shape index (κ2) is 6.20. The van der Waals surface area contributed by atoms with E-state index in [0.717, 1.165) is 13.1 Å². The first-order valence-corrected chi connectivity index (χ1v) is 8.11. The summed E-state index contributed by atoms with van der Waals surface area (Å²) in [4.78, 5) is 12.0. The fourth-order valence-corrected chi connectivity index (χ4v) is 3.08. The summed E-state index contributed by atoms with van der Waals surface area (Å²) in [5.74, 6) is 0.257. The minimum absolute atomic E-state index is 0.0472. The Hall–Kier alpha value is -2.07. The van der Waals surface area contributed by atoms with E-state index in [1.54, 1.807) is 0 Å². The van der Waals surface area contributed by atoms with Gasteiger partial charge >= 0.3 is 6.09 Å². The highest BCUT2D eigenvalue weighted by Gasteiger charge is 2.31. The molecule has 1 amide bonds. The van der Waals surface area contributed by atoms with E-state index in [-0.39, 0.29) is 18.1 Å². The zero-order chi connectivity index (χ0) is 16.4. The number of carbonyl (C=O) groups is 1. The first kappa shape index (κ1) is 15.8. The van der Waals surface area contributed by atoms with Crippen molar-refractivity contribution in [3.05, 3.63) is 48.0 Å². The summed E-state index contributed by atoms with van der Waals surface area (Å²) < 4.78 is 5.38. The average molecular weight is 312 g/mol. The van der Waals surface area contributed by atoms with Crippen LogP contribution in [0.2, 0.25) is 0 Å². The zero-order valence-electron chi connectivity index (χ0n) is 13.9. The molecule has 1 aliphatic rings. The molecule has 1 fully saturated rings. The number of carbonyl (C=O) groups excluding carboxylic acids is 1. The molecule has 0 spiro atoms. The minimum Gasteiger partial charge on any atom is -0.444 e. The Morgan fingerprint density at radius 3 is 2.61 bits per heavy atom. The van der Waals surface area contributed by atoms with Gasteiger partial charge in [-0.15, -0.1) is 0 Å². The second-order valence-corrected chi connectivity index (χ2v) is 7.12. The summed E-state index contributed by atoms with van der Waals surface area (Å²) >= 11 is 0. The number of fused-ring (bicyclic) bond motifs is 1. The van der Waals surface area contributed by atoms with Crippen molar-refractivity contribution in [3.63, 3.8) is 0 Å². The topological polar surface area (TPSA) is 50.4 Å². The lowest BCUT2D eigenvalue weighted by atomic mass is 9.92. The monoisotopic (exact) mass is 312 g/mol. The molecule has 23 heavy (non-hydrogen) atoms. The van der Waals surface area contributed by atoms with Crippen LogP contribution < -0.4 is 10.6 Å². The molecular formula is C19H24N2O2. The van der Waals surface area contributed by atoms with Crippen molar-refractivity contribution < 1.29 is 9.53 Å². The van der Waals surface area contributed by atoms with E-state index in [0.29, 0.717) is 0 Å². The molecule has 2 atom stereocenters. The van der Waals surface area contributed by atoms with E-state index in [1.807, 2.05) is 26.8 Å². The van der Waals surface area contributed by atoms with Crippen LogP contribution in [0.3, 0.4) is 0 Å². The van der Waals surface area contributed by atoms with Crippen LogP contribution in [0, 0.1) is 0 Å². The van der Waals surface area contributed by atoms with Crippen LogP contribution in [0.15, 0.2) is 42.5 Å². The lowest BCUT2D eigenvalue weighted by molar-refractivity contribution is 0.0504. The highest BCUT2D eigenvalue weighted by atomic mass is 16.6. The summed E-state index contributed by atoms with van der Waals surface area (Å²) in [6.45, 7) is 7.25. The number of rotatable bonds is 2. The van der Waals surface area contributed by atoms with Gasteiger partial charge in [-0.2, -0.15) is 0 Å². The smallest absolute Gasteiger partial charge is 0.407 e. The van der Waals surface area contributed by atoms with Gasteiger partial charge in [0.1, 0.15) is 5.60 Å². The molecule has 0 saturated carbocycles. The van der Waals surface area contributed by atoms with Crippen LogP contribution in [0.4, 0.5) is 4.79 Å². The molecule has 2 N–H and O–H groups in total. The maximum absolute atomic E-state index is 12.0. The maximum atomic E-state index is 12.0. The highest BCUT2D eigenvalue weighted by Crippen LogP contribution is 2.26. The SMILES string of the molecule is CC(C)(C)OC(=O)N[C@H]1CNC[C@@H]1c1ccc2ccccc2c1. The van der Waals surface area contributed by atoms with Crippen LogP contribution >= 0.6 is 0 Å². The highest BCUT2D eigenvalue weighted by molar-refractivity contribution is 5.83. The fraction of sp³-hybridized carbons (Fsp3) is 0.421. The largest absolute Gasteiger partial charge is 0.444 e. The molecule has 4 heteroatoms. The Bertz CT molecular complexity index is 706. The molecule has 0 aromatic heterocycles. The number of alkyl carbamates (subject to hydrolysis) is 1. The molecular weight excluding hydrogens is 288 g/mol. The van der Waals surface area contributed by atoms with Crippen molar-refractivity contribution in [2.75, 3.05) is 13.1 Å². The molecule has 0 unspecified atom stereocenters. The van der Waals surface area contributed by atoms with Gasteiger partial charge in [0, 0.05) is 19.0 Å². The van der Waals surface area contributed by atoms with Crippen LogP contribution in [0.25, 0.3) is 10.8 Å². The van der Waals surface area contributed by atoms with E-state index in [2.05, 4.69) is 47.0 Å². The summed E-state index contributed by atoms with van der Waals surface area (Å²) in [5, 5.41) is 8.84. The van der Waals surface area contributed by atoms with E-state index in [9.17, 15) is 4.79 Å². The van der Waals surface area contributed by atoms with Crippen molar-refractivity contribution in [1.82, 2.24) is 10.6 Å². The number of hydrogen-bond acceptors (Lipinski definition) is 3. The second-order valence-electron chi connectivity index (χ2n) is 7.12. The van der Waals surface area contributed by atoms with Crippen molar-refractivity contribution in [3.8, 4) is 0 Å². The number of amides is 1. The van der Waals surface area contributed by atoms with Gasteiger partial charge in [-0.3, -0.25) is 0 Å². The predicted molar refractivity (Wildman–Crippen MR) is 92.7 cm³/mol. The number of hydrogen-bond donors (Lipinski definition) is 2. The van der Waals surface area contributed by atoms with E-state index in [1.165, 1.54) is 16.3 Å². The molecule has 0 radical (unpaired) electrons. The number of nitrogens with one attached hydrogen (secondary N) is 2. The Morgan fingerprint density at radius 2 is 1.87 bits per heavy atom. The molecule has 3 rings (SSSR count). The van der Waals surface area contributed by atoms with Crippen molar-refractivity contribution >= 4 is 16.9 Å². The molecule has 0 bridgehead atoms. The third-order valence-electron chi connectivity index (χ3n) is 4.12. The predicted octanol–water partition coefficient (Wildman–Crippen LogP) is 3.42. The average Bonchev–Trinajstić information content (AvgIpc) is 2.92. The summed E-state index contributed by atoms with van der Waals surface area (Å²) in [6.07, 6.45) is -0.350. The third kappa shape index (κ3) is 3.82. The Morgan fingerprint density at radius 1 is 1.13 bits per heavy atom. The molecule has 1 heterocycles. The van der Waals surface area contributed by atoms with Crippen molar-refractivity contribution in [1.29, 1.82) is 0 Å². The van der Waals surface area contributed by atoms with Gasteiger partial charge in [0.05, 0.1) is 6.04 Å². The normalized spacial score (nSPS) is 21.3. The summed E-state index contributed by atoms with van der Waals surface area (Å²) in [6, 6.07) is 14.9. The number of ether oxygens (including phenoxy) is 1. The van der Waals surface area contributed by atoms with Crippen molar-refractivity contribution in [2.24, 2.45) is 0 Å². The summed E-state index contributed by atoms with van der Waals surface area (Å²) in [7, 11) is 0. The van der Waals surface area contributed by atoms with Crippen LogP contribution in [0.5, 0.6) is 0 Å². The Kier molecular flexibility index (Phi) is 4.26. The van der Waals surface area contributed by atoms with Gasteiger partial charge in [-0.25, -0.2) is 4.79 Å². The molecule has 122 valence electrons. The minimum atomic E-state index is -0.478. The molecule has 4 nitrogen and oxygen atoms in total. The van der Waals surface area contributed by atoms with Crippen molar-refractivity contribution in [2.45, 2.75) is 38.3 Å². The molecule has 2 aromatic rings. The van der Waals surface area contributed by atoms with E-state index < -0.39 is 5.60 Å². The van der Waals surface area contributed by atoms with Gasteiger partial charge in [0.15, 0.2) is 0 Å². The van der Waals surface area contributed by atoms with E-state index in [4.69, 9.17) is 4.74 Å². The Labute approximate surface area is 137 Å². The molecule has 1 aliphatic heterocycles. The van der Waals surface area contributed by atoms with Gasteiger partial charge < -0.3 is 15.4 Å². The molecule has 0 aliphatic carbocycles. The summed E-state index contributed by atoms with van der Waals surface area (Å²) in [5.41, 5.74) is 0.768. The first-order valence-electron chi connectivity index (χ1n) is 8.11. The first-order chi connectivity index (χ1) is 10.9. The molecule has 2 aromatic carbocycles. The zero-order valence-corrected chi connectivity index (χ0v) is 13.9. The fourth-order valence-electron chi connectivity index (χ4n) is 3.08. The maximum Gasteiger partial charge on any atom is 0.407 e. The molecule has 1 saturated heterocycles. The van der Waals surface area contributed by atoms with Gasteiger partial charge in [-0.05, 0) is 37.1 Å². The quantitative estimate of drug-likeness (QED) is 0.893. The van der Waals surface area contributed by atoms with Gasteiger partial charge in [-0.1, -0.05) is 42.5 Å². The van der Waals surface area contributed by atoms with Gasteiger partial charge in [0.2, 0.25) is 0 Å². The van der Waals surface area contributed by atoms with Gasteiger partial charge in [0.25, 0.3) is 0 Å². The van der Waals surface area contributed by atoms with Crippen LogP contribution in [-0.4, -0.2) is 30.8 Å². The third-order valence-corrected chi connectivity index (χ3v) is 4.12. The lowest BCUT2D eigenvalue weighted by Gasteiger charge is -2.24.